The summed E-state index contributed by atoms with van der Waals surface area (Å²) in [5.41, 5.74) is 5.97. The molecule has 4 N–H and O–H groups in total. The molecule has 0 aliphatic rings. The zero-order chi connectivity index (χ0) is 11.7. The Morgan fingerprint density at radius 3 is 2.27 bits per heavy atom. The fourth-order valence-corrected chi connectivity index (χ4v) is 1.57. The minimum atomic E-state index is -0.113. The van der Waals surface area contributed by atoms with E-state index in [4.69, 9.17) is 5.73 Å². The van der Waals surface area contributed by atoms with E-state index in [0.717, 1.165) is 19.3 Å². The fourth-order valence-electron chi connectivity index (χ4n) is 1.57. The number of nitrogens with two attached hydrogens (primary N) is 1. The highest BCUT2D eigenvalue weighted by Gasteiger charge is 2.14. The van der Waals surface area contributed by atoms with Crippen molar-refractivity contribution >= 4 is 6.03 Å². The molecular weight excluding hydrogens is 190 g/mol. The van der Waals surface area contributed by atoms with Crippen molar-refractivity contribution in [1.82, 2.24) is 10.6 Å². The summed E-state index contributed by atoms with van der Waals surface area (Å²) < 4.78 is 0. The number of nitrogens with one attached hydrogen (secondary N) is 2. The van der Waals surface area contributed by atoms with E-state index < -0.39 is 0 Å². The molecule has 0 rings (SSSR count). The van der Waals surface area contributed by atoms with Gasteiger partial charge in [-0.05, 0) is 12.3 Å². The second-order valence-corrected chi connectivity index (χ2v) is 3.88. The SMILES string of the molecule is CCCNC(=O)NCC(N)C(CC)CC. The quantitative estimate of drug-likeness (QED) is 0.602. The molecule has 0 saturated heterocycles. The summed E-state index contributed by atoms with van der Waals surface area (Å²) in [7, 11) is 0. The summed E-state index contributed by atoms with van der Waals surface area (Å²) >= 11 is 0. The molecule has 0 heterocycles. The smallest absolute Gasteiger partial charge is 0.314 e. The monoisotopic (exact) mass is 215 g/mol. The Morgan fingerprint density at radius 1 is 1.20 bits per heavy atom. The Hall–Kier alpha value is -0.770. The third kappa shape index (κ3) is 6.33. The largest absolute Gasteiger partial charge is 0.338 e. The van der Waals surface area contributed by atoms with E-state index in [9.17, 15) is 4.79 Å². The van der Waals surface area contributed by atoms with Crippen LogP contribution in [0.1, 0.15) is 40.0 Å². The molecule has 0 aliphatic heterocycles. The van der Waals surface area contributed by atoms with E-state index in [1.165, 1.54) is 0 Å². The first-order valence-electron chi connectivity index (χ1n) is 5.92. The number of urea groups is 1. The Bertz CT molecular complexity index is 169. The number of hydrogen-bond donors (Lipinski definition) is 3. The highest BCUT2D eigenvalue weighted by atomic mass is 16.2. The Balaban J connectivity index is 3.68. The van der Waals surface area contributed by atoms with Gasteiger partial charge >= 0.3 is 6.03 Å². The zero-order valence-electron chi connectivity index (χ0n) is 10.2. The van der Waals surface area contributed by atoms with Crippen LogP contribution in [-0.4, -0.2) is 25.2 Å². The molecule has 2 amide bonds. The van der Waals surface area contributed by atoms with Crippen LogP contribution in [0, 0.1) is 5.92 Å². The predicted molar refractivity (Wildman–Crippen MR) is 63.7 cm³/mol. The highest BCUT2D eigenvalue weighted by Crippen LogP contribution is 2.10. The van der Waals surface area contributed by atoms with E-state index in [0.29, 0.717) is 19.0 Å². The molecule has 15 heavy (non-hydrogen) atoms. The van der Waals surface area contributed by atoms with Crippen LogP contribution in [-0.2, 0) is 0 Å². The summed E-state index contributed by atoms with van der Waals surface area (Å²) in [6.07, 6.45) is 3.08. The molecule has 0 aromatic rings. The van der Waals surface area contributed by atoms with Gasteiger partial charge in [0.05, 0.1) is 0 Å². The van der Waals surface area contributed by atoms with Crippen LogP contribution in [0.5, 0.6) is 0 Å². The van der Waals surface area contributed by atoms with Gasteiger partial charge in [0, 0.05) is 19.1 Å². The summed E-state index contributed by atoms with van der Waals surface area (Å²) in [5.74, 6) is 0.497. The van der Waals surface area contributed by atoms with Crippen LogP contribution < -0.4 is 16.4 Å². The highest BCUT2D eigenvalue weighted by molar-refractivity contribution is 5.73. The number of carbonyl (C=O) groups excluding carboxylic acids is 1. The first-order valence-corrected chi connectivity index (χ1v) is 5.92. The standard InChI is InChI=1S/C11H25N3O/c1-4-7-13-11(15)14-8-10(12)9(5-2)6-3/h9-10H,4-8,12H2,1-3H3,(H2,13,14,15). The van der Waals surface area contributed by atoms with Gasteiger partial charge in [0.2, 0.25) is 0 Å². The van der Waals surface area contributed by atoms with Crippen molar-refractivity contribution in [3.8, 4) is 0 Å². The second kappa shape index (κ2) is 8.53. The number of carbonyl (C=O) groups is 1. The number of hydrogen-bond acceptors (Lipinski definition) is 2. The van der Waals surface area contributed by atoms with Gasteiger partial charge in [0.25, 0.3) is 0 Å². The van der Waals surface area contributed by atoms with Crippen LogP contribution in [0.4, 0.5) is 4.79 Å². The van der Waals surface area contributed by atoms with Crippen LogP contribution in [0.15, 0.2) is 0 Å². The fraction of sp³-hybridized carbons (Fsp3) is 0.909. The van der Waals surface area contributed by atoms with Crippen molar-refractivity contribution < 1.29 is 4.79 Å². The van der Waals surface area contributed by atoms with Crippen molar-refractivity contribution in [2.75, 3.05) is 13.1 Å². The van der Waals surface area contributed by atoms with Gasteiger partial charge < -0.3 is 16.4 Å². The van der Waals surface area contributed by atoms with Gasteiger partial charge in [0.15, 0.2) is 0 Å². The third-order valence-electron chi connectivity index (χ3n) is 2.69. The zero-order valence-corrected chi connectivity index (χ0v) is 10.2. The predicted octanol–water partition coefficient (Wildman–Crippen LogP) is 1.46. The lowest BCUT2D eigenvalue weighted by atomic mass is 9.95. The van der Waals surface area contributed by atoms with Crippen LogP contribution in [0.2, 0.25) is 0 Å². The lowest BCUT2D eigenvalue weighted by Crippen LogP contribution is -2.45. The van der Waals surface area contributed by atoms with E-state index in [-0.39, 0.29) is 12.1 Å². The molecule has 0 aromatic carbocycles. The second-order valence-electron chi connectivity index (χ2n) is 3.88. The van der Waals surface area contributed by atoms with Crippen molar-refractivity contribution in [3.05, 3.63) is 0 Å². The molecule has 90 valence electrons. The van der Waals surface area contributed by atoms with Crippen molar-refractivity contribution in [1.29, 1.82) is 0 Å². The van der Waals surface area contributed by atoms with Gasteiger partial charge in [-0.2, -0.15) is 0 Å². The summed E-state index contributed by atoms with van der Waals surface area (Å²) in [6, 6.07) is -0.0503. The average Bonchev–Trinajstić information content (AvgIpc) is 2.25. The molecule has 4 nitrogen and oxygen atoms in total. The lowest BCUT2D eigenvalue weighted by Gasteiger charge is -2.21. The Labute approximate surface area is 93.0 Å². The molecule has 0 fully saturated rings. The third-order valence-corrected chi connectivity index (χ3v) is 2.69. The van der Waals surface area contributed by atoms with Crippen molar-refractivity contribution in [2.45, 2.75) is 46.1 Å². The Morgan fingerprint density at radius 2 is 1.80 bits per heavy atom. The Kier molecular flexibility index (Phi) is 8.09. The molecular formula is C11H25N3O. The van der Waals surface area contributed by atoms with Gasteiger partial charge in [0.1, 0.15) is 0 Å². The summed E-state index contributed by atoms with van der Waals surface area (Å²) in [5, 5.41) is 5.55. The summed E-state index contributed by atoms with van der Waals surface area (Å²) in [6.45, 7) is 7.56. The normalized spacial score (nSPS) is 12.6. The minimum Gasteiger partial charge on any atom is -0.338 e. The lowest BCUT2D eigenvalue weighted by molar-refractivity contribution is 0.238. The van der Waals surface area contributed by atoms with Gasteiger partial charge in [-0.25, -0.2) is 4.79 Å². The molecule has 0 aliphatic carbocycles. The van der Waals surface area contributed by atoms with Crippen molar-refractivity contribution in [3.63, 3.8) is 0 Å². The van der Waals surface area contributed by atoms with Gasteiger partial charge in [-0.1, -0.05) is 33.6 Å². The van der Waals surface area contributed by atoms with Crippen LogP contribution >= 0.6 is 0 Å². The first kappa shape index (κ1) is 14.2. The molecule has 0 spiro atoms. The number of amides is 2. The maximum atomic E-state index is 11.2. The van der Waals surface area contributed by atoms with Crippen LogP contribution in [0.25, 0.3) is 0 Å². The number of rotatable bonds is 7. The topological polar surface area (TPSA) is 67.2 Å². The molecule has 0 bridgehead atoms. The van der Waals surface area contributed by atoms with E-state index in [1.807, 2.05) is 6.92 Å². The first-order chi connectivity index (χ1) is 7.15. The molecule has 4 heteroatoms. The molecule has 0 saturated carbocycles. The van der Waals surface area contributed by atoms with Crippen LogP contribution in [0.3, 0.4) is 0 Å². The maximum Gasteiger partial charge on any atom is 0.314 e. The molecule has 0 radical (unpaired) electrons. The summed E-state index contributed by atoms with van der Waals surface area (Å²) in [4.78, 5) is 11.2. The van der Waals surface area contributed by atoms with E-state index >= 15 is 0 Å². The van der Waals surface area contributed by atoms with E-state index in [1.54, 1.807) is 0 Å². The minimum absolute atomic E-state index is 0.0624. The average molecular weight is 215 g/mol. The maximum absolute atomic E-state index is 11.2. The van der Waals surface area contributed by atoms with E-state index in [2.05, 4.69) is 24.5 Å². The van der Waals surface area contributed by atoms with Crippen molar-refractivity contribution in [2.24, 2.45) is 11.7 Å². The van der Waals surface area contributed by atoms with Gasteiger partial charge in [-0.3, -0.25) is 0 Å². The molecule has 1 unspecified atom stereocenters. The van der Waals surface area contributed by atoms with Gasteiger partial charge in [-0.15, -0.1) is 0 Å². The molecule has 0 aromatic heterocycles. The molecule has 1 atom stereocenters.